The Kier molecular flexibility index (Phi) is 14.8. The molecule has 0 N–H and O–H groups in total. The topological polar surface area (TPSA) is 35.5 Å². The third-order valence-electron chi connectivity index (χ3n) is 5.28. The Morgan fingerprint density at radius 3 is 2.06 bits per heavy atom. The van der Waals surface area contributed by atoms with Crippen molar-refractivity contribution < 1.29 is 14.3 Å². The maximum Gasteiger partial charge on any atom is 0.306 e. The molecule has 0 amide bonds. The van der Waals surface area contributed by atoms with Gasteiger partial charge in [-0.2, -0.15) is 0 Å². The van der Waals surface area contributed by atoms with Crippen LogP contribution in [0.1, 0.15) is 110 Å². The first kappa shape index (κ1) is 28.2. The smallest absolute Gasteiger partial charge is 0.306 e. The summed E-state index contributed by atoms with van der Waals surface area (Å²) in [5, 5.41) is 0. The number of aryl methyl sites for hydroxylation is 1. The van der Waals surface area contributed by atoms with Gasteiger partial charge < -0.3 is 9.47 Å². The van der Waals surface area contributed by atoms with E-state index in [1.54, 1.807) is 0 Å². The van der Waals surface area contributed by atoms with E-state index in [2.05, 4.69) is 43.0 Å². The molecular weight excluding hydrogens is 396 g/mol. The second-order valence-electron chi connectivity index (χ2n) is 9.71. The molecule has 0 aliphatic heterocycles. The second kappa shape index (κ2) is 16.8. The Morgan fingerprint density at radius 1 is 0.906 bits per heavy atom. The van der Waals surface area contributed by atoms with Crippen LogP contribution in [0.2, 0.25) is 0 Å². The van der Waals surface area contributed by atoms with Gasteiger partial charge in [-0.05, 0) is 58.1 Å². The summed E-state index contributed by atoms with van der Waals surface area (Å²) in [6.45, 7) is 10.6. The predicted molar refractivity (Wildman–Crippen MR) is 135 cm³/mol. The zero-order chi connectivity index (χ0) is 23.7. The Morgan fingerprint density at radius 2 is 1.47 bits per heavy atom. The van der Waals surface area contributed by atoms with Crippen LogP contribution in [0, 0.1) is 11.8 Å². The van der Waals surface area contributed by atoms with E-state index in [0.717, 1.165) is 18.4 Å². The number of esters is 1. The zero-order valence-electron chi connectivity index (χ0n) is 21.3. The Bertz CT molecular complexity index is 673. The third kappa shape index (κ3) is 15.9. The highest BCUT2D eigenvalue weighted by molar-refractivity contribution is 5.70. The normalized spacial score (nSPS) is 12.2. The van der Waals surface area contributed by atoms with Gasteiger partial charge in [0.2, 0.25) is 0 Å². The Balaban J connectivity index is 2.13. The lowest BCUT2D eigenvalue weighted by Gasteiger charge is -2.19. The molecule has 1 rings (SSSR count). The second-order valence-corrected chi connectivity index (χ2v) is 9.71. The number of carbonyl (C=O) groups excluding carboxylic acids is 1. The summed E-state index contributed by atoms with van der Waals surface area (Å²) in [5.74, 6) is 6.36. The first-order valence-electron chi connectivity index (χ1n) is 12.7. The van der Waals surface area contributed by atoms with E-state index in [4.69, 9.17) is 9.47 Å². The number of hydrogen-bond donors (Lipinski definition) is 0. The van der Waals surface area contributed by atoms with Crippen LogP contribution in [0.3, 0.4) is 0 Å². The molecule has 1 atom stereocenters. The van der Waals surface area contributed by atoms with E-state index in [1.807, 2.05) is 27.7 Å². The summed E-state index contributed by atoms with van der Waals surface area (Å²) in [6, 6.07) is 8.41. The van der Waals surface area contributed by atoms with Crippen molar-refractivity contribution in [2.24, 2.45) is 0 Å². The van der Waals surface area contributed by atoms with Gasteiger partial charge in [0.15, 0.2) is 0 Å². The number of rotatable bonds is 15. The van der Waals surface area contributed by atoms with Crippen LogP contribution in [0.5, 0.6) is 0 Å². The van der Waals surface area contributed by atoms with Gasteiger partial charge in [0.25, 0.3) is 0 Å². The van der Waals surface area contributed by atoms with Gasteiger partial charge in [0.1, 0.15) is 11.7 Å². The lowest BCUT2D eigenvalue weighted by molar-refractivity contribution is -0.154. The maximum absolute atomic E-state index is 11.8. The average molecular weight is 443 g/mol. The predicted octanol–water partition coefficient (Wildman–Crippen LogP) is 7.44. The molecule has 0 radical (unpaired) electrons. The van der Waals surface area contributed by atoms with E-state index >= 15 is 0 Å². The van der Waals surface area contributed by atoms with Crippen LogP contribution < -0.4 is 0 Å². The molecule has 0 fully saturated rings. The summed E-state index contributed by atoms with van der Waals surface area (Å²) in [5.41, 5.74) is 1.97. The van der Waals surface area contributed by atoms with Crippen molar-refractivity contribution >= 4 is 5.97 Å². The quantitative estimate of drug-likeness (QED) is 0.161. The lowest BCUT2D eigenvalue weighted by atomic mass is 10.1. The molecule has 0 saturated carbocycles. The molecule has 0 bridgehead atoms. The fraction of sp³-hybridized carbons (Fsp3) is 0.690. The summed E-state index contributed by atoms with van der Waals surface area (Å²) < 4.78 is 11.2. The first-order chi connectivity index (χ1) is 15.3. The molecule has 180 valence electrons. The van der Waals surface area contributed by atoms with Crippen molar-refractivity contribution in [2.75, 3.05) is 6.61 Å². The Hall–Kier alpha value is -1.79. The first-order valence-corrected chi connectivity index (χ1v) is 12.7. The molecule has 0 aliphatic rings. The number of hydrogen-bond acceptors (Lipinski definition) is 3. The molecule has 0 aromatic heterocycles. The average Bonchev–Trinajstić information content (AvgIpc) is 2.73. The molecule has 0 aliphatic carbocycles. The van der Waals surface area contributed by atoms with Gasteiger partial charge in [-0.15, -0.1) is 5.92 Å². The third-order valence-corrected chi connectivity index (χ3v) is 5.28. The zero-order valence-corrected chi connectivity index (χ0v) is 21.3. The number of unbranched alkanes of at least 4 members (excludes halogenated alkanes) is 8. The van der Waals surface area contributed by atoms with Gasteiger partial charge in [0, 0.05) is 12.8 Å². The SMILES string of the molecule is CCCCCCCCCCC#CC(C)OCCc1ccc(CCC(=O)OC(C)(C)C)cc1. The molecule has 32 heavy (non-hydrogen) atoms. The van der Waals surface area contributed by atoms with E-state index < -0.39 is 5.60 Å². The molecule has 3 heteroatoms. The summed E-state index contributed by atoms with van der Waals surface area (Å²) in [4.78, 5) is 11.8. The van der Waals surface area contributed by atoms with Crippen molar-refractivity contribution in [3.63, 3.8) is 0 Å². The summed E-state index contributed by atoms with van der Waals surface area (Å²) in [7, 11) is 0. The molecular formula is C29H46O3. The van der Waals surface area contributed by atoms with E-state index in [-0.39, 0.29) is 12.1 Å². The van der Waals surface area contributed by atoms with Crippen molar-refractivity contribution in [3.8, 4) is 11.8 Å². The van der Waals surface area contributed by atoms with E-state index in [9.17, 15) is 4.79 Å². The molecule has 0 saturated heterocycles. The highest BCUT2D eigenvalue weighted by Gasteiger charge is 2.15. The van der Waals surface area contributed by atoms with Gasteiger partial charge in [-0.25, -0.2) is 0 Å². The van der Waals surface area contributed by atoms with Crippen LogP contribution in [-0.4, -0.2) is 24.3 Å². The lowest BCUT2D eigenvalue weighted by Crippen LogP contribution is -2.24. The minimum absolute atomic E-state index is 0.0165. The highest BCUT2D eigenvalue weighted by atomic mass is 16.6. The number of carbonyl (C=O) groups is 1. The van der Waals surface area contributed by atoms with Gasteiger partial charge >= 0.3 is 5.97 Å². The maximum atomic E-state index is 11.8. The van der Waals surface area contributed by atoms with Crippen LogP contribution in [0.25, 0.3) is 0 Å². The van der Waals surface area contributed by atoms with Crippen LogP contribution >= 0.6 is 0 Å². The minimum Gasteiger partial charge on any atom is -0.460 e. The molecule has 1 aromatic carbocycles. The summed E-state index contributed by atoms with van der Waals surface area (Å²) >= 11 is 0. The fourth-order valence-corrected chi connectivity index (χ4v) is 3.47. The van der Waals surface area contributed by atoms with Gasteiger partial charge in [-0.1, -0.05) is 82.1 Å². The fourth-order valence-electron chi connectivity index (χ4n) is 3.47. The van der Waals surface area contributed by atoms with E-state index in [0.29, 0.717) is 19.4 Å². The standard InChI is InChI=1S/C29H46O3/c1-6-7-8-9-10-11-12-13-14-15-16-25(2)31-24-23-27-19-17-26(18-20-27)21-22-28(30)32-29(3,4)5/h17-20,25H,6-14,21-24H2,1-5H3. The van der Waals surface area contributed by atoms with Gasteiger partial charge in [-0.3, -0.25) is 4.79 Å². The molecule has 0 spiro atoms. The highest BCUT2D eigenvalue weighted by Crippen LogP contribution is 2.12. The van der Waals surface area contributed by atoms with Crippen molar-refractivity contribution in [1.82, 2.24) is 0 Å². The van der Waals surface area contributed by atoms with Gasteiger partial charge in [0.05, 0.1) is 6.61 Å². The number of ether oxygens (including phenoxy) is 2. The minimum atomic E-state index is -0.421. The number of benzene rings is 1. The van der Waals surface area contributed by atoms with E-state index in [1.165, 1.54) is 56.9 Å². The van der Waals surface area contributed by atoms with Crippen molar-refractivity contribution in [1.29, 1.82) is 0 Å². The monoisotopic (exact) mass is 442 g/mol. The van der Waals surface area contributed by atoms with Crippen LogP contribution in [-0.2, 0) is 27.1 Å². The van der Waals surface area contributed by atoms with Crippen molar-refractivity contribution in [2.45, 2.75) is 123 Å². The molecule has 0 heterocycles. The molecule has 1 aromatic rings. The molecule has 3 nitrogen and oxygen atoms in total. The van der Waals surface area contributed by atoms with Crippen molar-refractivity contribution in [3.05, 3.63) is 35.4 Å². The molecule has 1 unspecified atom stereocenters. The summed E-state index contributed by atoms with van der Waals surface area (Å²) in [6.07, 6.45) is 13.6. The Labute approximate surface area is 197 Å². The van der Waals surface area contributed by atoms with Crippen LogP contribution in [0.15, 0.2) is 24.3 Å². The largest absolute Gasteiger partial charge is 0.460 e. The van der Waals surface area contributed by atoms with Crippen LogP contribution in [0.4, 0.5) is 0 Å².